The number of rotatable bonds is 11. The van der Waals surface area contributed by atoms with Crippen LogP contribution in [0.3, 0.4) is 0 Å². The monoisotopic (exact) mass is 559 g/mol. The van der Waals surface area contributed by atoms with Crippen LogP contribution in [-0.4, -0.2) is 67.9 Å². The van der Waals surface area contributed by atoms with Crippen molar-refractivity contribution in [2.45, 2.75) is 4.90 Å². The minimum atomic E-state index is -4.37. The van der Waals surface area contributed by atoms with E-state index in [1.807, 2.05) is 0 Å². The van der Waals surface area contributed by atoms with E-state index in [0.29, 0.717) is 17.1 Å². The molecule has 36 heavy (non-hydrogen) atoms. The Bertz CT molecular complexity index is 1550. The maximum absolute atomic E-state index is 11.4. The molecule has 6 N–H and O–H groups in total. The summed E-state index contributed by atoms with van der Waals surface area (Å²) in [4.78, 5) is 12.1. The molecular formula is C18H21N7O8S3. The van der Waals surface area contributed by atoms with Crippen LogP contribution >= 0.6 is 0 Å². The van der Waals surface area contributed by atoms with Crippen LogP contribution in [0.15, 0.2) is 53.4 Å². The SMILES string of the molecule is CS(=O)(=O)Nc1ccc(Nc2nc(NCCS(=O)(=O)O)nc(Nc3ccc(S(=O)(=O)O)cc3)n2)cc1. The highest BCUT2D eigenvalue weighted by atomic mass is 32.2. The summed E-state index contributed by atoms with van der Waals surface area (Å²) in [5, 5.41) is 8.37. The molecule has 0 spiro atoms. The zero-order valence-corrected chi connectivity index (χ0v) is 20.9. The van der Waals surface area contributed by atoms with E-state index in [9.17, 15) is 25.3 Å². The molecule has 194 valence electrons. The predicted octanol–water partition coefficient (Wildman–Crippen LogP) is 1.28. The lowest BCUT2D eigenvalue weighted by Gasteiger charge is -2.12. The second-order valence-corrected chi connectivity index (χ2v) is 12.0. The topological polar surface area (TPSA) is 230 Å². The summed E-state index contributed by atoms with van der Waals surface area (Å²) in [7, 11) is -12.0. The van der Waals surface area contributed by atoms with E-state index in [4.69, 9.17) is 9.11 Å². The fourth-order valence-corrected chi connectivity index (χ4v) is 4.07. The average molecular weight is 560 g/mol. The fourth-order valence-electron chi connectivity index (χ4n) is 2.66. The van der Waals surface area contributed by atoms with Crippen molar-refractivity contribution in [3.05, 3.63) is 48.5 Å². The molecular weight excluding hydrogens is 538 g/mol. The molecule has 1 aromatic heterocycles. The van der Waals surface area contributed by atoms with Gasteiger partial charge >= 0.3 is 0 Å². The second-order valence-electron chi connectivity index (χ2n) is 7.22. The van der Waals surface area contributed by atoms with Crippen molar-refractivity contribution in [2.24, 2.45) is 0 Å². The number of hydrogen-bond acceptors (Lipinski definition) is 12. The van der Waals surface area contributed by atoms with Crippen LogP contribution < -0.4 is 20.7 Å². The van der Waals surface area contributed by atoms with E-state index >= 15 is 0 Å². The summed E-state index contributed by atoms with van der Waals surface area (Å²) in [5.74, 6) is -0.656. The first-order chi connectivity index (χ1) is 16.7. The fraction of sp³-hybridized carbons (Fsp3) is 0.167. The first-order valence-corrected chi connectivity index (χ1v) is 14.7. The summed E-state index contributed by atoms with van der Waals surface area (Å²) in [6.07, 6.45) is 1.02. The number of aromatic nitrogens is 3. The molecule has 0 amide bonds. The van der Waals surface area contributed by atoms with Crippen LogP contribution in [0, 0.1) is 0 Å². The molecule has 3 rings (SSSR count). The maximum Gasteiger partial charge on any atom is 0.294 e. The Kier molecular flexibility index (Phi) is 7.94. The van der Waals surface area contributed by atoms with Crippen LogP contribution in [0.25, 0.3) is 0 Å². The molecule has 2 aromatic carbocycles. The third-order valence-corrected chi connectivity index (χ3v) is 6.33. The third kappa shape index (κ3) is 8.89. The van der Waals surface area contributed by atoms with Gasteiger partial charge in [-0.1, -0.05) is 0 Å². The molecule has 0 aliphatic carbocycles. The van der Waals surface area contributed by atoms with Crippen molar-refractivity contribution < 1.29 is 34.4 Å². The Hall–Kier alpha value is -3.58. The van der Waals surface area contributed by atoms with Crippen LogP contribution in [0.5, 0.6) is 0 Å². The van der Waals surface area contributed by atoms with Gasteiger partial charge in [-0.05, 0) is 48.5 Å². The Labute approximate surface area is 207 Å². The molecule has 15 nitrogen and oxygen atoms in total. The van der Waals surface area contributed by atoms with Gasteiger partial charge < -0.3 is 16.0 Å². The maximum atomic E-state index is 11.4. The van der Waals surface area contributed by atoms with Gasteiger partial charge in [0.05, 0.1) is 16.9 Å². The zero-order chi connectivity index (χ0) is 26.6. The molecule has 18 heteroatoms. The normalized spacial score (nSPS) is 12.1. The molecule has 0 saturated heterocycles. The van der Waals surface area contributed by atoms with Gasteiger partial charge in [-0.2, -0.15) is 31.8 Å². The lowest BCUT2D eigenvalue weighted by Crippen LogP contribution is -2.17. The number of anilines is 6. The number of sulfonamides is 1. The van der Waals surface area contributed by atoms with E-state index in [0.717, 1.165) is 18.4 Å². The Morgan fingerprint density at radius 2 is 1.14 bits per heavy atom. The molecule has 3 aromatic rings. The third-order valence-electron chi connectivity index (χ3n) is 4.13. The highest BCUT2D eigenvalue weighted by Crippen LogP contribution is 2.21. The zero-order valence-electron chi connectivity index (χ0n) is 18.4. The number of nitrogens with one attached hydrogen (secondary N) is 4. The highest BCUT2D eigenvalue weighted by molar-refractivity contribution is 7.92. The standard InChI is InChI=1S/C18H21N7O8S3/c1-34(26,27)25-14-4-2-12(3-5-14)20-17-22-16(19-10-11-35(28,29)30)23-18(24-17)21-13-6-8-15(9-7-13)36(31,32)33/h2-9,25H,10-11H2,1H3,(H,28,29,30)(H,31,32,33)(H3,19,20,21,22,23,24). The number of hydrogen-bond donors (Lipinski definition) is 6. The summed E-state index contributed by atoms with van der Waals surface area (Å²) < 4.78 is 87.5. The lowest BCUT2D eigenvalue weighted by atomic mass is 10.3. The largest absolute Gasteiger partial charge is 0.353 e. The van der Waals surface area contributed by atoms with Crippen LogP contribution in [0.1, 0.15) is 0 Å². The van der Waals surface area contributed by atoms with Gasteiger partial charge in [-0.3, -0.25) is 13.8 Å². The number of benzene rings is 2. The smallest absolute Gasteiger partial charge is 0.294 e. The molecule has 0 aliphatic heterocycles. The summed E-state index contributed by atoms with van der Waals surface area (Å²) in [6, 6.07) is 11.2. The van der Waals surface area contributed by atoms with Crippen LogP contribution in [0.2, 0.25) is 0 Å². The Balaban J connectivity index is 1.84. The van der Waals surface area contributed by atoms with Gasteiger partial charge in [0.15, 0.2) is 0 Å². The van der Waals surface area contributed by atoms with E-state index < -0.39 is 36.0 Å². The molecule has 0 atom stereocenters. The van der Waals surface area contributed by atoms with Gasteiger partial charge in [0, 0.05) is 23.6 Å². The molecule has 1 heterocycles. The minimum Gasteiger partial charge on any atom is -0.353 e. The van der Waals surface area contributed by atoms with Crippen molar-refractivity contribution in [1.29, 1.82) is 0 Å². The average Bonchev–Trinajstić information content (AvgIpc) is 2.73. The first-order valence-electron chi connectivity index (χ1n) is 9.81. The Morgan fingerprint density at radius 1 is 0.694 bits per heavy atom. The molecule has 0 fully saturated rings. The summed E-state index contributed by atoms with van der Waals surface area (Å²) >= 11 is 0. The van der Waals surface area contributed by atoms with Crippen molar-refractivity contribution in [2.75, 3.05) is 39.2 Å². The van der Waals surface area contributed by atoms with E-state index in [-0.39, 0.29) is 29.3 Å². The first kappa shape index (κ1) is 27.0. The molecule has 0 unspecified atom stereocenters. The van der Waals surface area contributed by atoms with Gasteiger partial charge in [-0.15, -0.1) is 0 Å². The Morgan fingerprint density at radius 3 is 1.58 bits per heavy atom. The lowest BCUT2D eigenvalue weighted by molar-refractivity contribution is 0.481. The van der Waals surface area contributed by atoms with Gasteiger partial charge in [0.2, 0.25) is 27.9 Å². The second kappa shape index (κ2) is 10.6. The van der Waals surface area contributed by atoms with Crippen molar-refractivity contribution in [1.82, 2.24) is 15.0 Å². The summed E-state index contributed by atoms with van der Waals surface area (Å²) in [6.45, 7) is -0.212. The molecule has 0 radical (unpaired) electrons. The molecule has 0 bridgehead atoms. The van der Waals surface area contributed by atoms with Gasteiger partial charge in [-0.25, -0.2) is 8.42 Å². The van der Waals surface area contributed by atoms with E-state index in [1.165, 1.54) is 24.3 Å². The van der Waals surface area contributed by atoms with Gasteiger partial charge in [0.25, 0.3) is 20.2 Å². The molecule has 0 aliphatic rings. The van der Waals surface area contributed by atoms with E-state index in [1.54, 1.807) is 12.1 Å². The van der Waals surface area contributed by atoms with E-state index in [2.05, 4.69) is 35.6 Å². The quantitative estimate of drug-likeness (QED) is 0.182. The van der Waals surface area contributed by atoms with Crippen LogP contribution in [-0.2, 0) is 30.3 Å². The summed E-state index contributed by atoms with van der Waals surface area (Å²) in [5.41, 5.74) is 1.18. The van der Waals surface area contributed by atoms with Gasteiger partial charge in [0.1, 0.15) is 0 Å². The van der Waals surface area contributed by atoms with Crippen molar-refractivity contribution in [3.8, 4) is 0 Å². The van der Waals surface area contributed by atoms with Crippen molar-refractivity contribution in [3.63, 3.8) is 0 Å². The highest BCUT2D eigenvalue weighted by Gasteiger charge is 2.12. The minimum absolute atomic E-state index is 0.0141. The van der Waals surface area contributed by atoms with Crippen LogP contribution in [0.4, 0.5) is 34.9 Å². The van der Waals surface area contributed by atoms with Crippen molar-refractivity contribution >= 4 is 65.2 Å². The molecule has 0 saturated carbocycles. The number of nitrogens with zero attached hydrogens (tertiary/aromatic N) is 3. The predicted molar refractivity (Wildman–Crippen MR) is 132 cm³/mol.